The molecule has 36 heavy (non-hydrogen) atoms. The van der Waals surface area contributed by atoms with Crippen molar-refractivity contribution in [3.8, 4) is 17.2 Å². The smallest absolute Gasteiger partial charge is 0.304 e. The first-order valence-electron chi connectivity index (χ1n) is 12.6. The van der Waals surface area contributed by atoms with Crippen molar-refractivity contribution in [3.05, 3.63) is 65.7 Å². The van der Waals surface area contributed by atoms with E-state index < -0.39 is 5.97 Å². The first-order chi connectivity index (χ1) is 17.5. The predicted molar refractivity (Wildman–Crippen MR) is 136 cm³/mol. The van der Waals surface area contributed by atoms with Gasteiger partial charge in [0.2, 0.25) is 0 Å². The highest BCUT2D eigenvalue weighted by Gasteiger charge is 2.22. The molecule has 2 aliphatic rings. The summed E-state index contributed by atoms with van der Waals surface area (Å²) in [6.07, 6.45) is 5.57. The van der Waals surface area contributed by atoms with Crippen LogP contribution in [0.1, 0.15) is 55.6 Å². The Hall–Kier alpha value is -3.74. The van der Waals surface area contributed by atoms with Crippen LogP contribution in [0, 0.1) is 0 Å². The maximum atomic E-state index is 12.3. The van der Waals surface area contributed by atoms with Gasteiger partial charge in [0.1, 0.15) is 19.0 Å². The van der Waals surface area contributed by atoms with Crippen molar-refractivity contribution in [3.63, 3.8) is 0 Å². The van der Waals surface area contributed by atoms with Crippen LogP contribution in [0.3, 0.4) is 0 Å². The number of fused-ring (bicyclic) bond motifs is 2. The monoisotopic (exact) mass is 489 g/mol. The van der Waals surface area contributed by atoms with Gasteiger partial charge in [0, 0.05) is 12.0 Å². The molecule has 1 fully saturated rings. The van der Waals surface area contributed by atoms with Crippen LogP contribution in [-0.2, 0) is 9.59 Å². The van der Waals surface area contributed by atoms with E-state index in [1.165, 1.54) is 6.42 Å². The molecule has 1 unspecified atom stereocenters. The minimum Gasteiger partial charge on any atom is -0.486 e. The summed E-state index contributed by atoms with van der Waals surface area (Å²) in [5.74, 6) is 0.581. The van der Waals surface area contributed by atoms with Crippen LogP contribution in [0.2, 0.25) is 0 Å². The summed E-state index contributed by atoms with van der Waals surface area (Å²) in [5, 5.41) is 14.6. The second-order valence-corrected chi connectivity index (χ2v) is 9.51. The van der Waals surface area contributed by atoms with Gasteiger partial charge in [-0.25, -0.2) is 0 Å². The Morgan fingerprint density at radius 1 is 0.889 bits per heavy atom. The molecule has 1 heterocycles. The van der Waals surface area contributed by atoms with E-state index in [4.69, 9.17) is 14.2 Å². The van der Waals surface area contributed by atoms with Gasteiger partial charge >= 0.3 is 5.97 Å². The standard InChI is InChI=1S/C29H31NO6/c31-28(30-23-4-2-1-3-5-23)18-36-24-10-8-19-6-7-20(14-22(19)15-24)25(17-29(32)33)21-9-11-26-27(16-21)35-13-12-34-26/h6-11,14-16,23,25H,1-5,12-13,17-18H2,(H,30,31)(H,32,33). The SMILES string of the molecule is O=C(O)CC(c1ccc2c(c1)OCCO2)c1ccc2ccc(OCC(=O)NC3CCCCC3)cc2c1. The third-order valence-electron chi connectivity index (χ3n) is 6.93. The Bertz CT molecular complexity index is 1250. The van der Waals surface area contributed by atoms with Crippen molar-refractivity contribution >= 4 is 22.6 Å². The molecule has 0 aromatic heterocycles. The molecule has 1 atom stereocenters. The fourth-order valence-electron chi connectivity index (χ4n) is 5.09. The number of amides is 1. The summed E-state index contributed by atoms with van der Waals surface area (Å²) in [4.78, 5) is 24.1. The largest absolute Gasteiger partial charge is 0.486 e. The zero-order valence-electron chi connectivity index (χ0n) is 20.2. The molecule has 0 saturated heterocycles. The van der Waals surface area contributed by atoms with Crippen molar-refractivity contribution in [2.45, 2.75) is 50.5 Å². The number of rotatable bonds is 8. The van der Waals surface area contributed by atoms with Gasteiger partial charge in [-0.1, -0.05) is 49.6 Å². The predicted octanol–water partition coefficient (Wildman–Crippen LogP) is 5.05. The molecule has 0 radical (unpaired) electrons. The van der Waals surface area contributed by atoms with Crippen LogP contribution in [0.25, 0.3) is 10.8 Å². The van der Waals surface area contributed by atoms with Gasteiger partial charge < -0.3 is 24.6 Å². The molecule has 1 amide bonds. The lowest BCUT2D eigenvalue weighted by Crippen LogP contribution is -2.38. The quantitative estimate of drug-likeness (QED) is 0.460. The fraction of sp³-hybridized carbons (Fsp3) is 0.379. The summed E-state index contributed by atoms with van der Waals surface area (Å²) in [5.41, 5.74) is 1.74. The Balaban J connectivity index is 1.34. The first-order valence-corrected chi connectivity index (χ1v) is 12.6. The minimum absolute atomic E-state index is 0.0272. The summed E-state index contributed by atoms with van der Waals surface area (Å²) >= 11 is 0. The summed E-state index contributed by atoms with van der Waals surface area (Å²) in [7, 11) is 0. The number of nitrogens with one attached hydrogen (secondary N) is 1. The molecular formula is C29H31NO6. The number of carboxylic acid groups (broad SMARTS) is 1. The number of ether oxygens (including phenoxy) is 3. The molecule has 0 bridgehead atoms. The van der Waals surface area contributed by atoms with Crippen molar-refractivity contribution < 1.29 is 28.9 Å². The number of hydrogen-bond acceptors (Lipinski definition) is 5. The molecule has 7 heteroatoms. The van der Waals surface area contributed by atoms with E-state index in [0.717, 1.165) is 47.6 Å². The number of benzene rings is 3. The zero-order valence-corrected chi connectivity index (χ0v) is 20.2. The van der Waals surface area contributed by atoms with Gasteiger partial charge in [-0.15, -0.1) is 0 Å². The van der Waals surface area contributed by atoms with Crippen LogP contribution in [0.15, 0.2) is 54.6 Å². The van der Waals surface area contributed by atoms with Crippen LogP contribution in [-0.4, -0.2) is 42.8 Å². The Morgan fingerprint density at radius 2 is 1.61 bits per heavy atom. The van der Waals surface area contributed by atoms with E-state index in [1.807, 2.05) is 54.6 Å². The van der Waals surface area contributed by atoms with E-state index in [9.17, 15) is 14.7 Å². The van der Waals surface area contributed by atoms with E-state index >= 15 is 0 Å². The number of hydrogen-bond donors (Lipinski definition) is 2. The summed E-state index contributed by atoms with van der Waals surface area (Å²) in [6.45, 7) is 0.945. The average molecular weight is 490 g/mol. The molecule has 5 rings (SSSR count). The molecule has 1 aliphatic carbocycles. The van der Waals surface area contributed by atoms with E-state index in [1.54, 1.807) is 0 Å². The maximum Gasteiger partial charge on any atom is 0.304 e. The van der Waals surface area contributed by atoms with E-state index in [0.29, 0.717) is 30.5 Å². The maximum absolute atomic E-state index is 12.3. The molecule has 3 aromatic carbocycles. The van der Waals surface area contributed by atoms with Crippen molar-refractivity contribution in [2.75, 3.05) is 19.8 Å². The Labute approximate surface area is 210 Å². The second-order valence-electron chi connectivity index (χ2n) is 9.51. The molecule has 2 N–H and O–H groups in total. The van der Waals surface area contributed by atoms with Gasteiger partial charge in [0.05, 0.1) is 6.42 Å². The number of aliphatic carboxylic acids is 1. The highest BCUT2D eigenvalue weighted by Crippen LogP contribution is 2.37. The summed E-state index contributed by atoms with van der Waals surface area (Å²) < 4.78 is 17.1. The van der Waals surface area contributed by atoms with E-state index in [2.05, 4.69) is 5.32 Å². The summed E-state index contributed by atoms with van der Waals surface area (Å²) in [6, 6.07) is 17.5. The fourth-order valence-corrected chi connectivity index (χ4v) is 5.09. The van der Waals surface area contributed by atoms with Crippen LogP contribution in [0.4, 0.5) is 0 Å². The molecule has 1 aliphatic heterocycles. The average Bonchev–Trinajstić information content (AvgIpc) is 2.90. The minimum atomic E-state index is -0.879. The molecular weight excluding hydrogens is 458 g/mol. The third-order valence-corrected chi connectivity index (χ3v) is 6.93. The van der Waals surface area contributed by atoms with E-state index in [-0.39, 0.29) is 30.9 Å². The first kappa shape index (κ1) is 24.0. The van der Waals surface area contributed by atoms with Crippen LogP contribution >= 0.6 is 0 Å². The molecule has 7 nitrogen and oxygen atoms in total. The lowest BCUT2D eigenvalue weighted by Gasteiger charge is -2.22. The van der Waals surface area contributed by atoms with Gasteiger partial charge in [-0.3, -0.25) is 9.59 Å². The highest BCUT2D eigenvalue weighted by molar-refractivity contribution is 5.85. The van der Waals surface area contributed by atoms with Gasteiger partial charge in [-0.05, 0) is 59.0 Å². The normalized spacial score (nSPS) is 16.3. The van der Waals surface area contributed by atoms with Crippen molar-refractivity contribution in [2.24, 2.45) is 0 Å². The second kappa shape index (κ2) is 10.9. The van der Waals surface area contributed by atoms with Gasteiger partial charge in [0.25, 0.3) is 5.91 Å². The lowest BCUT2D eigenvalue weighted by atomic mass is 9.87. The molecule has 1 saturated carbocycles. The molecule has 188 valence electrons. The Kier molecular flexibility index (Phi) is 7.26. The third kappa shape index (κ3) is 5.73. The van der Waals surface area contributed by atoms with Crippen LogP contribution < -0.4 is 19.5 Å². The van der Waals surface area contributed by atoms with Gasteiger partial charge in [0.15, 0.2) is 18.1 Å². The van der Waals surface area contributed by atoms with Crippen LogP contribution in [0.5, 0.6) is 17.2 Å². The topological polar surface area (TPSA) is 94.1 Å². The molecule has 3 aromatic rings. The number of carboxylic acids is 1. The highest BCUT2D eigenvalue weighted by atomic mass is 16.6. The van der Waals surface area contributed by atoms with Crippen molar-refractivity contribution in [1.29, 1.82) is 0 Å². The number of carbonyl (C=O) groups is 2. The Morgan fingerprint density at radius 3 is 2.42 bits per heavy atom. The van der Waals surface area contributed by atoms with Crippen molar-refractivity contribution in [1.82, 2.24) is 5.32 Å². The lowest BCUT2D eigenvalue weighted by molar-refractivity contribution is -0.137. The van der Waals surface area contributed by atoms with Gasteiger partial charge in [-0.2, -0.15) is 0 Å². The molecule has 0 spiro atoms. The number of carbonyl (C=O) groups excluding carboxylic acids is 1. The zero-order chi connectivity index (χ0) is 24.9.